The molecule has 1 aliphatic heterocycles. The maximum atomic E-state index is 9.03. The highest BCUT2D eigenvalue weighted by Gasteiger charge is 2.24. The highest BCUT2D eigenvalue weighted by molar-refractivity contribution is 7.99. The van der Waals surface area contributed by atoms with Crippen molar-refractivity contribution in [3.05, 3.63) is 0 Å². The first kappa shape index (κ1) is 13.0. The van der Waals surface area contributed by atoms with Gasteiger partial charge in [0.25, 0.3) is 0 Å². The highest BCUT2D eigenvalue weighted by Crippen LogP contribution is 2.39. The van der Waals surface area contributed by atoms with Crippen molar-refractivity contribution in [1.29, 1.82) is 0 Å². The van der Waals surface area contributed by atoms with Crippen LogP contribution in [0.2, 0.25) is 0 Å². The number of aromatic nitrogens is 1. The summed E-state index contributed by atoms with van der Waals surface area (Å²) in [6, 6.07) is 0. The summed E-state index contributed by atoms with van der Waals surface area (Å²) in [5, 5.41) is 10.2. The van der Waals surface area contributed by atoms with Crippen LogP contribution in [0.5, 0.6) is 0 Å². The van der Waals surface area contributed by atoms with Crippen molar-refractivity contribution in [2.24, 2.45) is 5.92 Å². The number of nitrogen functional groups attached to an aromatic ring is 1. The first-order chi connectivity index (χ1) is 8.26. The Bertz CT molecular complexity index is 368. The summed E-state index contributed by atoms with van der Waals surface area (Å²) < 4.78 is 4.24. The minimum Gasteiger partial charge on any atom is -0.396 e. The fourth-order valence-corrected chi connectivity index (χ4v) is 4.07. The zero-order chi connectivity index (χ0) is 12.3. The van der Waals surface area contributed by atoms with Crippen molar-refractivity contribution in [2.45, 2.75) is 24.2 Å². The average molecular weight is 273 g/mol. The van der Waals surface area contributed by atoms with Crippen molar-refractivity contribution in [3.8, 4) is 0 Å². The molecule has 1 saturated heterocycles. The third-order valence-electron chi connectivity index (χ3n) is 3.21. The van der Waals surface area contributed by atoms with E-state index in [2.05, 4.69) is 9.27 Å². The van der Waals surface area contributed by atoms with Crippen LogP contribution in [0.4, 0.5) is 10.8 Å². The van der Waals surface area contributed by atoms with E-state index in [1.807, 2.05) is 6.26 Å². The van der Waals surface area contributed by atoms with Gasteiger partial charge in [0.1, 0.15) is 5.00 Å². The number of nitrogens with zero attached hydrogens (tertiary/aromatic N) is 2. The lowest BCUT2D eigenvalue weighted by Gasteiger charge is -2.33. The van der Waals surface area contributed by atoms with Crippen LogP contribution in [0.25, 0.3) is 0 Å². The number of hydrogen-bond acceptors (Lipinski definition) is 6. The van der Waals surface area contributed by atoms with Crippen LogP contribution in [-0.4, -0.2) is 35.4 Å². The molecule has 1 aliphatic rings. The molecule has 0 spiro atoms. The summed E-state index contributed by atoms with van der Waals surface area (Å²) in [7, 11) is 0. The van der Waals surface area contributed by atoms with E-state index in [1.54, 1.807) is 11.8 Å². The predicted molar refractivity (Wildman–Crippen MR) is 74.9 cm³/mol. The maximum Gasteiger partial charge on any atom is 0.153 e. The standard InChI is InChI=1S/C11H19N3OS2/c1-16-9-10(12)13-17-11(9)14-5-2-3-8(7-14)4-6-15/h8,15H,2-7H2,1H3,(H2,12,13). The molecule has 0 aliphatic carbocycles. The van der Waals surface area contributed by atoms with Crippen molar-refractivity contribution < 1.29 is 5.11 Å². The van der Waals surface area contributed by atoms with Gasteiger partial charge in [-0.05, 0) is 43.0 Å². The second-order valence-corrected chi connectivity index (χ2v) is 5.94. The quantitative estimate of drug-likeness (QED) is 0.822. The number of nitrogens with two attached hydrogens (primary N) is 1. The van der Waals surface area contributed by atoms with Crippen LogP contribution in [0.3, 0.4) is 0 Å². The van der Waals surface area contributed by atoms with E-state index in [0.29, 0.717) is 18.3 Å². The average Bonchev–Trinajstić information content (AvgIpc) is 2.71. The molecular formula is C11H19N3OS2. The van der Waals surface area contributed by atoms with Gasteiger partial charge in [-0.2, -0.15) is 4.37 Å². The first-order valence-corrected chi connectivity index (χ1v) is 7.91. The normalized spacial score (nSPS) is 20.8. The fourth-order valence-electron chi connectivity index (χ4n) is 2.35. The van der Waals surface area contributed by atoms with Crippen LogP contribution in [0.1, 0.15) is 19.3 Å². The highest BCUT2D eigenvalue weighted by atomic mass is 32.2. The summed E-state index contributed by atoms with van der Waals surface area (Å²) in [5.41, 5.74) is 5.86. The number of piperidine rings is 1. The molecule has 1 aromatic rings. The zero-order valence-electron chi connectivity index (χ0n) is 10.1. The van der Waals surface area contributed by atoms with Gasteiger partial charge in [-0.1, -0.05) is 0 Å². The third-order valence-corrected chi connectivity index (χ3v) is 5.07. The van der Waals surface area contributed by atoms with E-state index in [9.17, 15) is 0 Å². The number of hydrogen-bond donors (Lipinski definition) is 2. The summed E-state index contributed by atoms with van der Waals surface area (Å²) >= 11 is 3.16. The van der Waals surface area contributed by atoms with Gasteiger partial charge in [0.2, 0.25) is 0 Å². The first-order valence-electron chi connectivity index (χ1n) is 5.91. The maximum absolute atomic E-state index is 9.03. The van der Waals surface area contributed by atoms with Crippen molar-refractivity contribution in [1.82, 2.24) is 4.37 Å². The molecule has 1 atom stereocenters. The van der Waals surface area contributed by atoms with E-state index in [0.717, 1.165) is 24.4 Å². The summed E-state index contributed by atoms with van der Waals surface area (Å²) in [6.07, 6.45) is 5.36. The molecule has 4 nitrogen and oxygen atoms in total. The zero-order valence-corrected chi connectivity index (χ0v) is 11.7. The van der Waals surface area contributed by atoms with Crippen molar-refractivity contribution in [3.63, 3.8) is 0 Å². The predicted octanol–water partition coefficient (Wildman–Crippen LogP) is 2.05. The monoisotopic (exact) mass is 273 g/mol. The van der Waals surface area contributed by atoms with E-state index in [4.69, 9.17) is 10.8 Å². The van der Waals surface area contributed by atoms with Gasteiger partial charge in [-0.3, -0.25) is 0 Å². The number of rotatable bonds is 4. The molecule has 1 fully saturated rings. The Morgan fingerprint density at radius 3 is 3.18 bits per heavy atom. The lowest BCUT2D eigenvalue weighted by Crippen LogP contribution is -2.35. The summed E-state index contributed by atoms with van der Waals surface area (Å²) in [4.78, 5) is 3.49. The third kappa shape index (κ3) is 2.86. The SMILES string of the molecule is CSc1c(N)nsc1N1CCCC(CCO)C1. The second-order valence-electron chi connectivity index (χ2n) is 4.37. The minimum atomic E-state index is 0.290. The van der Waals surface area contributed by atoms with Crippen LogP contribution >= 0.6 is 23.3 Å². The fraction of sp³-hybridized carbons (Fsp3) is 0.727. The van der Waals surface area contributed by atoms with Gasteiger partial charge in [-0.25, -0.2) is 0 Å². The Balaban J connectivity index is 2.10. The summed E-state index contributed by atoms with van der Waals surface area (Å²) in [5.74, 6) is 1.26. The molecule has 2 heterocycles. The molecular weight excluding hydrogens is 254 g/mol. The Morgan fingerprint density at radius 2 is 2.47 bits per heavy atom. The lowest BCUT2D eigenvalue weighted by molar-refractivity contribution is 0.244. The molecule has 1 aromatic heterocycles. The van der Waals surface area contributed by atoms with Gasteiger partial charge >= 0.3 is 0 Å². The van der Waals surface area contributed by atoms with Gasteiger partial charge in [-0.15, -0.1) is 11.8 Å². The number of anilines is 2. The molecule has 6 heteroatoms. The molecule has 3 N–H and O–H groups in total. The number of aliphatic hydroxyl groups excluding tert-OH is 1. The number of aliphatic hydroxyl groups is 1. The van der Waals surface area contributed by atoms with Gasteiger partial charge < -0.3 is 15.7 Å². The van der Waals surface area contributed by atoms with Crippen molar-refractivity contribution >= 4 is 34.1 Å². The van der Waals surface area contributed by atoms with Crippen LogP contribution in [0, 0.1) is 5.92 Å². The molecule has 0 bridgehead atoms. The lowest BCUT2D eigenvalue weighted by atomic mass is 9.95. The Hall–Kier alpha value is -0.460. The van der Waals surface area contributed by atoms with Gasteiger partial charge in [0, 0.05) is 19.7 Å². The Labute approximate surface area is 110 Å². The second kappa shape index (κ2) is 5.93. The number of thioether (sulfide) groups is 1. The van der Waals surface area contributed by atoms with E-state index in [-0.39, 0.29) is 0 Å². The molecule has 0 radical (unpaired) electrons. The van der Waals surface area contributed by atoms with Gasteiger partial charge in [0.05, 0.1) is 4.90 Å². The Morgan fingerprint density at radius 1 is 1.65 bits per heavy atom. The molecule has 2 rings (SSSR count). The molecule has 0 amide bonds. The largest absolute Gasteiger partial charge is 0.396 e. The van der Waals surface area contributed by atoms with Gasteiger partial charge in [0.15, 0.2) is 5.82 Å². The van der Waals surface area contributed by atoms with E-state index < -0.39 is 0 Å². The smallest absolute Gasteiger partial charge is 0.153 e. The molecule has 1 unspecified atom stereocenters. The molecule has 17 heavy (non-hydrogen) atoms. The Kier molecular flexibility index (Phi) is 4.53. The topological polar surface area (TPSA) is 62.4 Å². The van der Waals surface area contributed by atoms with Crippen LogP contribution in [-0.2, 0) is 0 Å². The molecule has 96 valence electrons. The van der Waals surface area contributed by atoms with Crippen molar-refractivity contribution in [2.75, 3.05) is 36.6 Å². The van der Waals surface area contributed by atoms with E-state index >= 15 is 0 Å². The molecule has 0 aromatic carbocycles. The van der Waals surface area contributed by atoms with Crippen LogP contribution < -0.4 is 10.6 Å². The minimum absolute atomic E-state index is 0.290. The van der Waals surface area contributed by atoms with E-state index in [1.165, 1.54) is 29.4 Å². The molecule has 0 saturated carbocycles. The van der Waals surface area contributed by atoms with Crippen LogP contribution in [0.15, 0.2) is 4.90 Å². The summed E-state index contributed by atoms with van der Waals surface area (Å²) in [6.45, 7) is 2.39.